The number of aromatic nitrogens is 2. The van der Waals surface area contributed by atoms with Crippen LogP contribution in [0.2, 0.25) is 0 Å². The molecule has 1 N–H and O–H groups in total. The van der Waals surface area contributed by atoms with Gasteiger partial charge >= 0.3 is 5.97 Å². The molecule has 0 saturated heterocycles. The Hall–Kier alpha value is -2.63. The number of nitrogens with zero attached hydrogens (tertiary/aromatic N) is 3. The lowest BCUT2D eigenvalue weighted by atomic mass is 10.2. The van der Waals surface area contributed by atoms with Crippen LogP contribution >= 0.6 is 0 Å². The average molecular weight is 300 g/mol. The molecule has 2 aromatic rings. The first-order valence-electron chi connectivity index (χ1n) is 7.09. The topological polar surface area (TPSA) is 67.3 Å². The molecule has 0 fully saturated rings. The third kappa shape index (κ3) is 4.18. The van der Waals surface area contributed by atoms with Crippen molar-refractivity contribution in [2.24, 2.45) is 0 Å². The number of carbonyl (C=O) groups excluding carboxylic acids is 1. The molecule has 2 rings (SSSR count). The molecule has 0 radical (unpaired) electrons. The number of hydrogen-bond donors (Lipinski definition) is 1. The molecule has 2 aromatic heterocycles. The first-order chi connectivity index (χ1) is 10.6. The predicted octanol–water partition coefficient (Wildman–Crippen LogP) is 2.33. The Morgan fingerprint density at radius 1 is 1.27 bits per heavy atom. The Morgan fingerprint density at radius 3 is 2.73 bits per heavy atom. The van der Waals surface area contributed by atoms with Crippen LogP contribution in [0.15, 0.2) is 36.7 Å². The summed E-state index contributed by atoms with van der Waals surface area (Å²) in [6, 6.07) is 7.43. The van der Waals surface area contributed by atoms with E-state index in [2.05, 4.69) is 15.3 Å². The van der Waals surface area contributed by atoms with Gasteiger partial charge in [-0.15, -0.1) is 0 Å². The maximum absolute atomic E-state index is 11.5. The second kappa shape index (κ2) is 7.40. The Bertz CT molecular complexity index is 626. The van der Waals surface area contributed by atoms with Gasteiger partial charge in [-0.3, -0.25) is 0 Å². The molecular weight excluding hydrogens is 280 g/mol. The minimum atomic E-state index is -0.355. The highest BCUT2D eigenvalue weighted by Gasteiger charge is 2.06. The number of pyridine rings is 2. The highest BCUT2D eigenvalue weighted by molar-refractivity contribution is 5.89. The molecule has 6 nitrogen and oxygen atoms in total. The minimum Gasteiger partial charge on any atom is -0.462 e. The fourth-order valence-electron chi connectivity index (χ4n) is 1.84. The van der Waals surface area contributed by atoms with Gasteiger partial charge in [0.1, 0.15) is 11.6 Å². The van der Waals surface area contributed by atoms with Gasteiger partial charge < -0.3 is 15.0 Å². The third-order valence-electron chi connectivity index (χ3n) is 3.02. The Kier molecular flexibility index (Phi) is 5.30. The first-order valence-corrected chi connectivity index (χ1v) is 7.09. The summed E-state index contributed by atoms with van der Waals surface area (Å²) in [5.74, 6) is 1.26. The second-order valence-corrected chi connectivity index (χ2v) is 4.92. The van der Waals surface area contributed by atoms with Gasteiger partial charge in [-0.1, -0.05) is 0 Å². The summed E-state index contributed by atoms with van der Waals surface area (Å²) in [6.45, 7) is 2.77. The lowest BCUT2D eigenvalue weighted by Gasteiger charge is -2.12. The van der Waals surface area contributed by atoms with Crippen molar-refractivity contribution in [1.29, 1.82) is 0 Å². The van der Waals surface area contributed by atoms with E-state index in [1.807, 2.05) is 31.1 Å². The van der Waals surface area contributed by atoms with Crippen molar-refractivity contribution < 1.29 is 9.53 Å². The van der Waals surface area contributed by atoms with Gasteiger partial charge in [-0.05, 0) is 36.8 Å². The maximum Gasteiger partial charge on any atom is 0.339 e. The molecule has 0 amide bonds. The van der Waals surface area contributed by atoms with E-state index >= 15 is 0 Å². The van der Waals surface area contributed by atoms with E-state index in [-0.39, 0.29) is 5.97 Å². The van der Waals surface area contributed by atoms with Crippen LogP contribution in [0.3, 0.4) is 0 Å². The van der Waals surface area contributed by atoms with E-state index in [0.717, 1.165) is 11.4 Å². The van der Waals surface area contributed by atoms with Crippen molar-refractivity contribution in [3.8, 4) is 0 Å². The lowest BCUT2D eigenvalue weighted by Crippen LogP contribution is -2.11. The Balaban J connectivity index is 1.97. The summed E-state index contributed by atoms with van der Waals surface area (Å²) in [4.78, 5) is 22.0. The van der Waals surface area contributed by atoms with Crippen LogP contribution in [-0.4, -0.2) is 36.6 Å². The fourth-order valence-corrected chi connectivity index (χ4v) is 1.84. The Labute approximate surface area is 130 Å². The molecule has 6 heteroatoms. The van der Waals surface area contributed by atoms with Gasteiger partial charge in [0.05, 0.1) is 12.2 Å². The van der Waals surface area contributed by atoms with E-state index in [1.54, 1.807) is 25.3 Å². The molecule has 0 spiro atoms. The first kappa shape index (κ1) is 15.8. The SMILES string of the molecule is CCOC(=O)c1ccc(NCc2ccnc(N(C)C)c2)nc1. The van der Waals surface area contributed by atoms with E-state index in [9.17, 15) is 4.79 Å². The number of anilines is 2. The van der Waals surface area contributed by atoms with Gasteiger partial charge in [0.15, 0.2) is 0 Å². The van der Waals surface area contributed by atoms with Crippen LogP contribution in [0.1, 0.15) is 22.8 Å². The molecule has 0 aromatic carbocycles. The molecular formula is C16H20N4O2. The number of nitrogens with one attached hydrogen (secondary N) is 1. The highest BCUT2D eigenvalue weighted by atomic mass is 16.5. The minimum absolute atomic E-state index is 0.355. The average Bonchev–Trinajstić information content (AvgIpc) is 2.54. The summed E-state index contributed by atoms with van der Waals surface area (Å²) in [7, 11) is 3.91. The van der Waals surface area contributed by atoms with Crippen molar-refractivity contribution in [3.05, 3.63) is 47.8 Å². The summed E-state index contributed by atoms with van der Waals surface area (Å²) < 4.78 is 4.92. The van der Waals surface area contributed by atoms with E-state index in [0.29, 0.717) is 24.5 Å². The summed E-state index contributed by atoms with van der Waals surface area (Å²) in [5, 5.41) is 3.22. The molecule has 0 unspecified atom stereocenters. The second-order valence-electron chi connectivity index (χ2n) is 4.92. The molecule has 0 atom stereocenters. The maximum atomic E-state index is 11.5. The van der Waals surface area contributed by atoms with Gasteiger partial charge in [-0.25, -0.2) is 14.8 Å². The van der Waals surface area contributed by atoms with Crippen LogP contribution in [0.5, 0.6) is 0 Å². The lowest BCUT2D eigenvalue weighted by molar-refractivity contribution is 0.0526. The normalized spacial score (nSPS) is 10.1. The van der Waals surface area contributed by atoms with Crippen LogP contribution in [0, 0.1) is 0 Å². The van der Waals surface area contributed by atoms with Gasteiger partial charge in [0, 0.05) is 33.0 Å². The molecule has 0 aliphatic rings. The monoisotopic (exact) mass is 300 g/mol. The summed E-state index contributed by atoms with van der Waals surface area (Å²) in [5.41, 5.74) is 1.56. The zero-order valence-corrected chi connectivity index (χ0v) is 13.0. The molecule has 0 saturated carbocycles. The van der Waals surface area contributed by atoms with Crippen molar-refractivity contribution in [2.45, 2.75) is 13.5 Å². The zero-order valence-electron chi connectivity index (χ0n) is 13.0. The molecule has 116 valence electrons. The molecule has 0 aliphatic carbocycles. The fraction of sp³-hybridized carbons (Fsp3) is 0.312. The Morgan fingerprint density at radius 2 is 2.09 bits per heavy atom. The highest BCUT2D eigenvalue weighted by Crippen LogP contribution is 2.12. The quantitative estimate of drug-likeness (QED) is 0.826. The molecule has 2 heterocycles. The van der Waals surface area contributed by atoms with Gasteiger partial charge in [0.2, 0.25) is 0 Å². The zero-order chi connectivity index (χ0) is 15.9. The van der Waals surface area contributed by atoms with Gasteiger partial charge in [-0.2, -0.15) is 0 Å². The number of rotatable bonds is 6. The van der Waals surface area contributed by atoms with Crippen LogP contribution in [-0.2, 0) is 11.3 Å². The number of hydrogen-bond acceptors (Lipinski definition) is 6. The number of esters is 1. The number of carbonyl (C=O) groups is 1. The smallest absolute Gasteiger partial charge is 0.339 e. The molecule has 0 bridgehead atoms. The van der Waals surface area contributed by atoms with Crippen LogP contribution in [0.4, 0.5) is 11.6 Å². The molecule has 22 heavy (non-hydrogen) atoms. The third-order valence-corrected chi connectivity index (χ3v) is 3.02. The van der Waals surface area contributed by atoms with Crippen LogP contribution in [0.25, 0.3) is 0 Å². The summed E-state index contributed by atoms with van der Waals surface area (Å²) in [6.07, 6.45) is 3.29. The van der Waals surface area contributed by atoms with E-state index in [1.165, 1.54) is 6.20 Å². The van der Waals surface area contributed by atoms with E-state index in [4.69, 9.17) is 4.74 Å². The number of ether oxygens (including phenoxy) is 1. The summed E-state index contributed by atoms with van der Waals surface area (Å²) >= 11 is 0. The molecule has 0 aliphatic heterocycles. The van der Waals surface area contributed by atoms with E-state index < -0.39 is 0 Å². The largest absolute Gasteiger partial charge is 0.462 e. The van der Waals surface area contributed by atoms with Crippen molar-refractivity contribution in [2.75, 3.05) is 30.9 Å². The van der Waals surface area contributed by atoms with Crippen LogP contribution < -0.4 is 10.2 Å². The standard InChI is InChI=1S/C16H20N4O2/c1-4-22-16(21)13-5-6-14(19-11-13)18-10-12-7-8-17-15(9-12)20(2)3/h5-9,11H,4,10H2,1-3H3,(H,18,19). The van der Waals surface area contributed by atoms with Crippen molar-refractivity contribution in [1.82, 2.24) is 9.97 Å². The predicted molar refractivity (Wildman–Crippen MR) is 86.1 cm³/mol. The van der Waals surface area contributed by atoms with Gasteiger partial charge in [0.25, 0.3) is 0 Å². The van der Waals surface area contributed by atoms with Crippen molar-refractivity contribution in [3.63, 3.8) is 0 Å². The van der Waals surface area contributed by atoms with Crippen molar-refractivity contribution >= 4 is 17.6 Å².